The van der Waals surface area contributed by atoms with E-state index in [1.807, 2.05) is 53.8 Å². The van der Waals surface area contributed by atoms with Gasteiger partial charge in [0.25, 0.3) is 0 Å². The Bertz CT molecular complexity index is 1160. The predicted molar refractivity (Wildman–Crippen MR) is 198 cm³/mol. The van der Waals surface area contributed by atoms with E-state index in [-0.39, 0.29) is 0 Å². The molecule has 2 aromatic rings. The van der Waals surface area contributed by atoms with E-state index in [0.717, 1.165) is 73.2 Å². The normalized spacial score (nSPS) is 15.7. The van der Waals surface area contributed by atoms with E-state index in [1.54, 1.807) is 19.5 Å². The number of aryl methyl sites for hydroxylation is 2. The van der Waals surface area contributed by atoms with E-state index in [0.29, 0.717) is 5.95 Å². The van der Waals surface area contributed by atoms with Gasteiger partial charge in [-0.1, -0.05) is 92.9 Å². The fourth-order valence-corrected chi connectivity index (χ4v) is 5.61. The van der Waals surface area contributed by atoms with E-state index in [2.05, 4.69) is 57.2 Å². The van der Waals surface area contributed by atoms with Crippen molar-refractivity contribution < 1.29 is 4.74 Å². The lowest BCUT2D eigenvalue weighted by Gasteiger charge is -2.29. The Labute approximate surface area is 275 Å². The number of ether oxygens (including phenoxy) is 1. The van der Waals surface area contributed by atoms with Gasteiger partial charge in [-0.3, -0.25) is 4.99 Å². The third kappa shape index (κ3) is 14.2. The number of benzene rings is 1. The molecule has 7 nitrogen and oxygen atoms in total. The average molecular weight is 621 g/mol. The highest BCUT2D eigenvalue weighted by Crippen LogP contribution is 2.28. The summed E-state index contributed by atoms with van der Waals surface area (Å²) in [4.78, 5) is 15.7. The molecule has 45 heavy (non-hydrogen) atoms. The SMILES string of the molecule is CC.CC.CCCC1CCCCC1.CCCc1cc(N2CCOCC2)ccc1Nc1ncc(/C=C(C)/C(C=NC)=C/N)c(C)n1. The molecule has 1 saturated carbocycles. The van der Waals surface area contributed by atoms with Crippen LogP contribution in [0.15, 0.2) is 46.7 Å². The molecule has 3 N–H and O–H groups in total. The lowest BCUT2D eigenvalue weighted by Crippen LogP contribution is -2.36. The minimum atomic E-state index is 0.596. The molecule has 0 radical (unpaired) electrons. The lowest BCUT2D eigenvalue weighted by atomic mass is 9.86. The maximum absolute atomic E-state index is 5.71. The van der Waals surface area contributed by atoms with Crippen LogP contribution in [-0.2, 0) is 11.2 Å². The Morgan fingerprint density at radius 1 is 1.07 bits per heavy atom. The van der Waals surface area contributed by atoms with E-state index >= 15 is 0 Å². The van der Waals surface area contributed by atoms with Crippen molar-refractivity contribution >= 4 is 29.6 Å². The van der Waals surface area contributed by atoms with Crippen LogP contribution in [0.2, 0.25) is 0 Å². The summed E-state index contributed by atoms with van der Waals surface area (Å²) in [6, 6.07) is 6.57. The molecule has 252 valence electrons. The van der Waals surface area contributed by atoms with Crippen LogP contribution in [0, 0.1) is 12.8 Å². The standard InChI is InChI=1S/C25H34N6O.C9H18.2C2H6/c1-5-6-20-14-23(31-9-11-32-12-10-31)7-8-24(20)30-25-28-17-21(19(3)29-25)13-18(2)22(15-26)16-27-4;1-2-6-9-7-4-3-5-8-9;2*1-2/h7-8,13-17H,5-6,9-12,26H2,1-4H3,(H,28,29,30);9H,2-8H2,1H3;2*1-2H3/b18-13+,22-15+,27-16?;;;. The number of hydrogen-bond donors (Lipinski definition) is 2. The molecule has 2 aliphatic rings. The minimum absolute atomic E-state index is 0.596. The summed E-state index contributed by atoms with van der Waals surface area (Å²) in [7, 11) is 1.73. The molecular formula is C38H64N6O. The topological polar surface area (TPSA) is 88.7 Å². The summed E-state index contributed by atoms with van der Waals surface area (Å²) in [5.74, 6) is 1.70. The second kappa shape index (κ2) is 24.1. The Morgan fingerprint density at radius 2 is 1.76 bits per heavy atom. The van der Waals surface area contributed by atoms with Crippen molar-refractivity contribution in [2.75, 3.05) is 43.6 Å². The maximum atomic E-state index is 5.71. The summed E-state index contributed by atoms with van der Waals surface area (Å²) in [5.41, 5.74) is 13.0. The minimum Gasteiger partial charge on any atom is -0.404 e. The Balaban J connectivity index is 0.000000655. The van der Waals surface area contributed by atoms with Crippen LogP contribution in [0.25, 0.3) is 6.08 Å². The monoisotopic (exact) mass is 621 g/mol. The third-order valence-electron chi connectivity index (χ3n) is 7.94. The van der Waals surface area contributed by atoms with Gasteiger partial charge in [0.15, 0.2) is 0 Å². The number of anilines is 3. The molecule has 0 amide bonds. The van der Waals surface area contributed by atoms with Crippen molar-refractivity contribution in [1.82, 2.24) is 9.97 Å². The second-order valence-corrected chi connectivity index (χ2v) is 11.2. The summed E-state index contributed by atoms with van der Waals surface area (Å²) in [6.45, 7) is 19.9. The smallest absolute Gasteiger partial charge is 0.227 e. The van der Waals surface area contributed by atoms with E-state index in [4.69, 9.17) is 10.5 Å². The van der Waals surface area contributed by atoms with Gasteiger partial charge in [0.05, 0.1) is 18.9 Å². The Kier molecular flexibility index (Phi) is 21.3. The van der Waals surface area contributed by atoms with Gasteiger partial charge in [0, 0.05) is 61.3 Å². The highest BCUT2D eigenvalue weighted by molar-refractivity contribution is 5.86. The molecular weight excluding hydrogens is 556 g/mol. The average Bonchev–Trinajstić information content (AvgIpc) is 3.09. The molecule has 1 aliphatic heterocycles. The molecule has 7 heteroatoms. The largest absolute Gasteiger partial charge is 0.404 e. The van der Waals surface area contributed by atoms with Crippen LogP contribution in [0.4, 0.5) is 17.3 Å². The highest BCUT2D eigenvalue weighted by Gasteiger charge is 2.14. The summed E-state index contributed by atoms with van der Waals surface area (Å²) in [5, 5.41) is 3.42. The van der Waals surface area contributed by atoms with Crippen LogP contribution >= 0.6 is 0 Å². The Morgan fingerprint density at radius 3 is 2.33 bits per heavy atom. The molecule has 1 aliphatic carbocycles. The van der Waals surface area contributed by atoms with Gasteiger partial charge in [-0.25, -0.2) is 9.97 Å². The number of nitrogens with one attached hydrogen (secondary N) is 1. The third-order valence-corrected chi connectivity index (χ3v) is 7.94. The van der Waals surface area contributed by atoms with Crippen LogP contribution in [0.5, 0.6) is 0 Å². The fraction of sp³-hybridized carbons (Fsp3) is 0.605. The number of rotatable bonds is 10. The molecule has 0 spiro atoms. The first kappa shape index (κ1) is 39.8. The molecule has 0 atom stereocenters. The second-order valence-electron chi connectivity index (χ2n) is 11.2. The zero-order valence-corrected chi connectivity index (χ0v) is 30.1. The first-order valence-corrected chi connectivity index (χ1v) is 17.6. The van der Waals surface area contributed by atoms with Gasteiger partial charge in [-0.15, -0.1) is 0 Å². The van der Waals surface area contributed by atoms with Gasteiger partial charge < -0.3 is 20.7 Å². The van der Waals surface area contributed by atoms with Crippen LogP contribution < -0.4 is 16.0 Å². The number of hydrogen-bond acceptors (Lipinski definition) is 7. The van der Waals surface area contributed by atoms with Crippen molar-refractivity contribution in [3.8, 4) is 0 Å². The molecule has 0 bridgehead atoms. The quantitative estimate of drug-likeness (QED) is 0.203. The van der Waals surface area contributed by atoms with E-state index in [9.17, 15) is 0 Å². The molecule has 4 rings (SSSR count). The van der Waals surface area contributed by atoms with Gasteiger partial charge in [-0.05, 0) is 61.6 Å². The Hall–Kier alpha value is -3.19. The van der Waals surface area contributed by atoms with Gasteiger partial charge in [-0.2, -0.15) is 0 Å². The van der Waals surface area contributed by atoms with Crippen LogP contribution in [0.1, 0.15) is 117 Å². The van der Waals surface area contributed by atoms with Gasteiger partial charge in [0.2, 0.25) is 5.95 Å². The highest BCUT2D eigenvalue weighted by atomic mass is 16.5. The lowest BCUT2D eigenvalue weighted by molar-refractivity contribution is 0.122. The molecule has 1 saturated heterocycles. The molecule has 1 aromatic heterocycles. The van der Waals surface area contributed by atoms with Crippen molar-refractivity contribution in [2.24, 2.45) is 16.6 Å². The molecule has 0 unspecified atom stereocenters. The number of nitrogens with two attached hydrogens (primary N) is 1. The summed E-state index contributed by atoms with van der Waals surface area (Å²) >= 11 is 0. The first-order chi connectivity index (χ1) is 22.0. The van der Waals surface area contributed by atoms with Crippen LogP contribution in [0.3, 0.4) is 0 Å². The number of nitrogens with zero attached hydrogens (tertiary/aromatic N) is 4. The number of aromatic nitrogens is 2. The zero-order valence-electron chi connectivity index (χ0n) is 30.1. The number of allylic oxidation sites excluding steroid dienone is 2. The van der Waals surface area contributed by atoms with Crippen molar-refractivity contribution in [2.45, 2.75) is 113 Å². The predicted octanol–water partition coefficient (Wildman–Crippen LogP) is 9.68. The van der Waals surface area contributed by atoms with E-state index in [1.165, 1.54) is 56.2 Å². The molecule has 2 fully saturated rings. The summed E-state index contributed by atoms with van der Waals surface area (Å²) in [6.07, 6.45) is 19.7. The van der Waals surface area contributed by atoms with Crippen molar-refractivity contribution in [3.63, 3.8) is 0 Å². The first-order valence-electron chi connectivity index (χ1n) is 17.6. The molecule has 2 heterocycles. The zero-order chi connectivity index (χ0) is 33.5. The summed E-state index contributed by atoms with van der Waals surface area (Å²) < 4.78 is 5.49. The van der Waals surface area contributed by atoms with Crippen molar-refractivity contribution in [1.29, 1.82) is 0 Å². The van der Waals surface area contributed by atoms with E-state index < -0.39 is 0 Å². The maximum Gasteiger partial charge on any atom is 0.227 e. The molecule has 1 aromatic carbocycles. The van der Waals surface area contributed by atoms with Crippen molar-refractivity contribution in [3.05, 3.63) is 58.6 Å². The van der Waals surface area contributed by atoms with Gasteiger partial charge in [0.1, 0.15) is 0 Å². The van der Waals surface area contributed by atoms with Crippen LogP contribution in [-0.4, -0.2) is 49.5 Å². The number of aliphatic imine (C=N–C) groups is 1. The fourth-order valence-electron chi connectivity index (χ4n) is 5.61. The van der Waals surface area contributed by atoms with Gasteiger partial charge >= 0.3 is 0 Å². The number of morpholine rings is 1.